The van der Waals surface area contributed by atoms with Crippen LogP contribution in [0.3, 0.4) is 0 Å². The van der Waals surface area contributed by atoms with Crippen molar-refractivity contribution >= 4 is 41.2 Å². The number of likely N-dealkylation sites (N-methyl/N-ethyl adjacent to an activating group) is 1. The van der Waals surface area contributed by atoms with Crippen LogP contribution in [0.5, 0.6) is 17.2 Å². The van der Waals surface area contributed by atoms with Gasteiger partial charge in [0.25, 0.3) is 0 Å². The van der Waals surface area contributed by atoms with Crippen LogP contribution in [-0.2, 0) is 9.59 Å². The number of fused-ring (bicyclic) bond motifs is 1. The lowest BCUT2D eigenvalue weighted by Crippen LogP contribution is -2.48. The zero-order valence-corrected chi connectivity index (χ0v) is 25.9. The van der Waals surface area contributed by atoms with Gasteiger partial charge in [-0.15, -0.1) is 0 Å². The number of anilines is 2. The molecule has 12 heteroatoms. The van der Waals surface area contributed by atoms with Gasteiger partial charge < -0.3 is 34.6 Å². The molecule has 3 aliphatic rings. The Balaban J connectivity index is 1.13. The number of rotatable bonds is 8. The number of hydrogen-bond acceptors (Lipinski definition) is 8. The van der Waals surface area contributed by atoms with Crippen molar-refractivity contribution in [3.05, 3.63) is 72.0 Å². The Morgan fingerprint density at radius 3 is 2.09 bits per heavy atom. The number of piperazine rings is 1. The predicted molar refractivity (Wildman–Crippen MR) is 171 cm³/mol. The number of benzene rings is 3. The van der Waals surface area contributed by atoms with Gasteiger partial charge in [0.15, 0.2) is 11.5 Å². The molecule has 1 aliphatic carbocycles. The fourth-order valence-corrected chi connectivity index (χ4v) is 5.50. The highest BCUT2D eigenvalue weighted by Gasteiger charge is 2.56. The van der Waals surface area contributed by atoms with Crippen LogP contribution in [-0.4, -0.2) is 74.3 Å². The maximum Gasteiger partial charge on any atom is 0.415 e. The average Bonchev–Trinajstić information content (AvgIpc) is 3.87. The van der Waals surface area contributed by atoms with Crippen molar-refractivity contribution in [3.63, 3.8) is 0 Å². The minimum atomic E-state index is -1.17. The highest BCUT2D eigenvalue weighted by atomic mass is 19.1. The normalized spacial score (nSPS) is 19.9. The summed E-state index contributed by atoms with van der Waals surface area (Å²) in [5.74, 6) is -0.0985. The number of nitrogens with zero attached hydrogens (tertiary/aromatic N) is 3. The number of carbonyl (C=O) groups excluding carboxylic acids is 3. The van der Waals surface area contributed by atoms with Gasteiger partial charge in [-0.1, -0.05) is 6.92 Å². The highest BCUT2D eigenvalue weighted by Crippen LogP contribution is 2.48. The van der Waals surface area contributed by atoms with Crippen LogP contribution in [0.4, 0.5) is 26.2 Å². The van der Waals surface area contributed by atoms with Crippen LogP contribution in [0, 0.1) is 17.2 Å². The molecule has 1 saturated carbocycles. The number of methoxy groups -OCH3 is 1. The smallest absolute Gasteiger partial charge is 0.415 e. The number of aliphatic imine (C=N–C) groups is 1. The molecule has 0 bridgehead atoms. The fourth-order valence-electron chi connectivity index (χ4n) is 5.50. The molecule has 6 rings (SSSR count). The van der Waals surface area contributed by atoms with Gasteiger partial charge in [-0.25, -0.2) is 9.18 Å². The van der Waals surface area contributed by atoms with Crippen molar-refractivity contribution in [3.8, 4) is 17.2 Å². The van der Waals surface area contributed by atoms with E-state index in [1.165, 1.54) is 31.4 Å². The largest absolute Gasteiger partial charge is 0.493 e. The van der Waals surface area contributed by atoms with E-state index in [0.29, 0.717) is 60.2 Å². The van der Waals surface area contributed by atoms with Gasteiger partial charge in [-0.3, -0.25) is 14.6 Å². The zero-order chi connectivity index (χ0) is 32.4. The molecule has 0 aromatic heterocycles. The molecule has 3 amide bonds. The summed E-state index contributed by atoms with van der Waals surface area (Å²) in [6.45, 7) is 4.69. The van der Waals surface area contributed by atoms with Gasteiger partial charge >= 0.3 is 6.09 Å². The summed E-state index contributed by atoms with van der Waals surface area (Å²) in [6, 6.07) is 15.8. The molecule has 2 heterocycles. The third-order valence-corrected chi connectivity index (χ3v) is 8.60. The molecular weight excluding hydrogens is 593 g/mol. The number of hydrogen-bond donors (Lipinski definition) is 2. The first-order valence-electron chi connectivity index (χ1n) is 15.2. The Morgan fingerprint density at radius 2 is 1.50 bits per heavy atom. The van der Waals surface area contributed by atoms with Crippen LogP contribution in [0.15, 0.2) is 65.7 Å². The molecule has 3 aromatic rings. The number of carbonyl (C=O) groups is 3. The molecule has 240 valence electrons. The summed E-state index contributed by atoms with van der Waals surface area (Å²) in [7, 11) is 3.53. The monoisotopic (exact) mass is 629 g/mol. The number of amides is 3. The Kier molecular flexibility index (Phi) is 8.63. The van der Waals surface area contributed by atoms with Gasteiger partial charge in [0.05, 0.1) is 12.8 Å². The van der Waals surface area contributed by atoms with Gasteiger partial charge in [0.2, 0.25) is 11.8 Å². The standard InChI is InChI=1S/C34H36FN5O6/c1-21-20-36-27-19-28(44-3)29(46-33(43)40-16-14-39(2)15-17-40)18-26(27)30(21)45-25-10-8-24(9-11-25)38-32(42)34(12-13-34)31(41)37-23-6-4-22(35)5-7-23/h4-11,18-21,30H,12-17H2,1-3H3,(H,37,41)(H,38,42). The van der Waals surface area contributed by atoms with Crippen molar-refractivity contribution in [2.45, 2.75) is 25.9 Å². The summed E-state index contributed by atoms with van der Waals surface area (Å²) in [5.41, 5.74) is 1.17. The second-order valence-electron chi connectivity index (χ2n) is 11.9. The molecule has 2 fully saturated rings. The average molecular weight is 630 g/mol. The summed E-state index contributed by atoms with van der Waals surface area (Å²) in [4.78, 5) is 47.4. The van der Waals surface area contributed by atoms with Crippen molar-refractivity contribution in [2.75, 3.05) is 51.0 Å². The van der Waals surface area contributed by atoms with E-state index in [4.69, 9.17) is 14.2 Å². The molecule has 2 aliphatic heterocycles. The second-order valence-corrected chi connectivity index (χ2v) is 11.9. The Bertz CT molecular complexity index is 1650. The van der Waals surface area contributed by atoms with Gasteiger partial charge in [0.1, 0.15) is 23.1 Å². The van der Waals surface area contributed by atoms with E-state index in [9.17, 15) is 18.8 Å². The first kappa shape index (κ1) is 31.0. The first-order chi connectivity index (χ1) is 22.1. The quantitative estimate of drug-likeness (QED) is 0.320. The molecule has 2 unspecified atom stereocenters. The highest BCUT2D eigenvalue weighted by molar-refractivity contribution is 6.16. The van der Waals surface area contributed by atoms with E-state index < -0.39 is 35.2 Å². The van der Waals surface area contributed by atoms with E-state index in [1.807, 2.05) is 20.2 Å². The summed E-state index contributed by atoms with van der Waals surface area (Å²) < 4.78 is 31.0. The Labute approximate surface area is 266 Å². The van der Waals surface area contributed by atoms with Crippen LogP contribution >= 0.6 is 0 Å². The fraction of sp³-hybridized carbons (Fsp3) is 0.353. The van der Waals surface area contributed by atoms with E-state index >= 15 is 0 Å². The third kappa shape index (κ3) is 6.52. The molecule has 2 N–H and O–H groups in total. The van der Waals surface area contributed by atoms with E-state index in [0.717, 1.165) is 18.7 Å². The van der Waals surface area contributed by atoms with Crippen LogP contribution in [0.2, 0.25) is 0 Å². The summed E-state index contributed by atoms with van der Waals surface area (Å²) in [5, 5.41) is 5.55. The SMILES string of the molecule is COc1cc2c(cc1OC(=O)N1CCN(C)CC1)C(Oc1ccc(NC(=O)C3(C(=O)Nc4ccc(F)cc4)CC3)cc1)C(C)C=N2. The molecule has 46 heavy (non-hydrogen) atoms. The number of nitrogens with one attached hydrogen (secondary N) is 2. The molecular formula is C34H36FN5O6. The van der Waals surface area contributed by atoms with Gasteiger partial charge in [-0.05, 0) is 74.5 Å². The minimum absolute atomic E-state index is 0.101. The lowest BCUT2D eigenvalue weighted by molar-refractivity contribution is -0.131. The van der Waals surface area contributed by atoms with Crippen LogP contribution < -0.4 is 24.8 Å². The molecule has 2 atom stereocenters. The maximum atomic E-state index is 13.2. The van der Waals surface area contributed by atoms with Crippen LogP contribution in [0.1, 0.15) is 31.4 Å². The van der Waals surface area contributed by atoms with E-state index in [1.54, 1.807) is 41.3 Å². The maximum absolute atomic E-state index is 13.2. The van der Waals surface area contributed by atoms with Crippen molar-refractivity contribution in [1.29, 1.82) is 0 Å². The van der Waals surface area contributed by atoms with Gasteiger partial charge in [-0.2, -0.15) is 0 Å². The number of halogens is 1. The van der Waals surface area contributed by atoms with Crippen molar-refractivity contribution in [2.24, 2.45) is 16.3 Å². The lowest BCUT2D eigenvalue weighted by atomic mass is 9.93. The van der Waals surface area contributed by atoms with E-state index in [2.05, 4.69) is 20.5 Å². The molecule has 0 radical (unpaired) electrons. The first-order valence-corrected chi connectivity index (χ1v) is 15.2. The molecule has 11 nitrogen and oxygen atoms in total. The molecule has 1 saturated heterocycles. The van der Waals surface area contributed by atoms with Crippen molar-refractivity contribution < 1.29 is 33.0 Å². The third-order valence-electron chi connectivity index (χ3n) is 8.60. The lowest BCUT2D eigenvalue weighted by Gasteiger charge is -2.32. The molecule has 3 aromatic carbocycles. The van der Waals surface area contributed by atoms with Crippen LogP contribution in [0.25, 0.3) is 0 Å². The Morgan fingerprint density at radius 1 is 0.891 bits per heavy atom. The van der Waals surface area contributed by atoms with Crippen molar-refractivity contribution in [1.82, 2.24) is 9.80 Å². The van der Waals surface area contributed by atoms with E-state index in [-0.39, 0.29) is 5.92 Å². The second kappa shape index (κ2) is 12.8. The summed E-state index contributed by atoms with van der Waals surface area (Å²) in [6.07, 6.45) is 1.78. The zero-order valence-electron chi connectivity index (χ0n) is 25.9. The topological polar surface area (TPSA) is 122 Å². The van der Waals surface area contributed by atoms with Gasteiger partial charge in [0, 0.05) is 61.3 Å². The molecule has 0 spiro atoms. The number of ether oxygens (including phenoxy) is 3. The summed E-state index contributed by atoms with van der Waals surface area (Å²) >= 11 is 0. The Hall–Kier alpha value is -4.97. The predicted octanol–water partition coefficient (Wildman–Crippen LogP) is 5.41. The minimum Gasteiger partial charge on any atom is -0.493 e.